The van der Waals surface area contributed by atoms with Crippen LogP contribution in [0.5, 0.6) is 11.5 Å². The van der Waals surface area contributed by atoms with E-state index in [1.807, 2.05) is 41.8 Å². The van der Waals surface area contributed by atoms with Crippen LogP contribution in [0.1, 0.15) is 54.9 Å². The number of carbonyl (C=O) groups excluding carboxylic acids is 1. The number of carbonyl (C=O) groups is 1. The molecule has 0 saturated heterocycles. The molecule has 0 aliphatic carbocycles. The second kappa shape index (κ2) is 7.14. The van der Waals surface area contributed by atoms with Crippen LogP contribution in [0, 0.1) is 20.8 Å². The molecular formula is C20H31NO3. The number of ketones is 1. The summed E-state index contributed by atoms with van der Waals surface area (Å²) in [6.45, 7) is 8.71. The molecule has 0 spiro atoms. The first-order chi connectivity index (χ1) is 11.2. The summed E-state index contributed by atoms with van der Waals surface area (Å²) in [5.41, 5.74) is 2.97. The first-order valence-electron chi connectivity index (χ1n) is 8.86. The van der Waals surface area contributed by atoms with E-state index < -0.39 is 5.60 Å². The van der Waals surface area contributed by atoms with Gasteiger partial charge in [-0.3, -0.25) is 4.79 Å². The van der Waals surface area contributed by atoms with Gasteiger partial charge in [0, 0.05) is 12.0 Å². The van der Waals surface area contributed by atoms with Crippen molar-refractivity contribution in [1.82, 2.24) is 4.90 Å². The van der Waals surface area contributed by atoms with Gasteiger partial charge < -0.3 is 14.7 Å². The fourth-order valence-electron chi connectivity index (χ4n) is 3.42. The van der Waals surface area contributed by atoms with E-state index in [-0.39, 0.29) is 5.78 Å². The molecule has 4 nitrogen and oxygen atoms in total. The first-order valence-corrected chi connectivity index (χ1v) is 8.86. The van der Waals surface area contributed by atoms with Crippen LogP contribution >= 0.6 is 0 Å². The Labute approximate surface area is 145 Å². The molecule has 24 heavy (non-hydrogen) atoms. The summed E-state index contributed by atoms with van der Waals surface area (Å²) in [5.74, 6) is 1.35. The van der Waals surface area contributed by atoms with Crippen molar-refractivity contribution in [3.63, 3.8) is 0 Å². The number of nitrogens with zero attached hydrogens (tertiary/aromatic N) is 1. The summed E-state index contributed by atoms with van der Waals surface area (Å²) in [7, 11) is 4.10. The highest BCUT2D eigenvalue weighted by molar-refractivity contribution is 5.87. The minimum absolute atomic E-state index is 0.190. The van der Waals surface area contributed by atoms with Gasteiger partial charge in [0.15, 0.2) is 11.4 Å². The van der Waals surface area contributed by atoms with Gasteiger partial charge in [0.25, 0.3) is 0 Å². The Morgan fingerprint density at radius 2 is 1.83 bits per heavy atom. The molecule has 0 fully saturated rings. The van der Waals surface area contributed by atoms with Crippen molar-refractivity contribution in [2.75, 3.05) is 20.6 Å². The number of rotatable bonds is 6. The molecule has 0 amide bonds. The molecule has 2 rings (SSSR count). The molecule has 0 aromatic heterocycles. The summed E-state index contributed by atoms with van der Waals surface area (Å²) < 4.78 is 6.24. The van der Waals surface area contributed by atoms with Crippen LogP contribution in [-0.2, 0) is 11.2 Å². The van der Waals surface area contributed by atoms with E-state index >= 15 is 0 Å². The van der Waals surface area contributed by atoms with Crippen LogP contribution < -0.4 is 4.74 Å². The Balaban J connectivity index is 2.14. The van der Waals surface area contributed by atoms with Gasteiger partial charge in [-0.05, 0) is 90.7 Å². The Morgan fingerprint density at radius 3 is 2.46 bits per heavy atom. The maximum Gasteiger partial charge on any atom is 0.176 e. The number of phenolic OH excluding ortho intramolecular Hbond substituents is 1. The Morgan fingerprint density at radius 1 is 1.17 bits per heavy atom. The Bertz CT molecular complexity index is 637. The number of hydrogen-bond donors (Lipinski definition) is 1. The fourth-order valence-corrected chi connectivity index (χ4v) is 3.42. The predicted octanol–water partition coefficient (Wildman–Crippen LogP) is 3.70. The maximum atomic E-state index is 12.7. The molecule has 1 aromatic carbocycles. The molecular weight excluding hydrogens is 302 g/mol. The monoisotopic (exact) mass is 333 g/mol. The quantitative estimate of drug-likeness (QED) is 0.807. The van der Waals surface area contributed by atoms with Crippen molar-refractivity contribution in [3.8, 4) is 11.5 Å². The lowest BCUT2D eigenvalue weighted by Crippen LogP contribution is -2.44. The molecule has 1 heterocycles. The summed E-state index contributed by atoms with van der Waals surface area (Å²) in [4.78, 5) is 14.9. The van der Waals surface area contributed by atoms with Crippen molar-refractivity contribution in [3.05, 3.63) is 22.3 Å². The van der Waals surface area contributed by atoms with Gasteiger partial charge in [-0.15, -0.1) is 0 Å². The van der Waals surface area contributed by atoms with Crippen LogP contribution in [0.25, 0.3) is 0 Å². The molecule has 1 atom stereocenters. The number of hydrogen-bond acceptors (Lipinski definition) is 4. The summed E-state index contributed by atoms with van der Waals surface area (Å²) in [6.07, 6.45) is 3.94. The number of benzene rings is 1. The number of phenols is 1. The van der Waals surface area contributed by atoms with E-state index in [0.717, 1.165) is 53.8 Å². The van der Waals surface area contributed by atoms with Gasteiger partial charge in [0.2, 0.25) is 0 Å². The van der Waals surface area contributed by atoms with Crippen LogP contribution in [0.2, 0.25) is 0 Å². The molecule has 0 radical (unpaired) electrons. The van der Waals surface area contributed by atoms with Crippen LogP contribution in [0.15, 0.2) is 0 Å². The number of unbranched alkanes of at least 4 members (excludes halogenated alkanes) is 1. The topological polar surface area (TPSA) is 49.8 Å². The van der Waals surface area contributed by atoms with E-state index in [2.05, 4.69) is 4.90 Å². The standard InChI is InChI=1S/C20H31NO3/c1-13-14(2)19-16(15(3)18(13)23)10-11-20(4,24-19)17(22)9-7-8-12-21(5)6/h23H,7-12H2,1-6H3/t20-/m0/s1. The van der Waals surface area contributed by atoms with E-state index in [9.17, 15) is 9.90 Å². The third kappa shape index (κ3) is 3.59. The SMILES string of the molecule is Cc1c(C)c2c(c(C)c1O)CC[C@@](C)(C(=O)CCCCN(C)C)O2. The van der Waals surface area contributed by atoms with Gasteiger partial charge in [-0.1, -0.05) is 0 Å². The van der Waals surface area contributed by atoms with Crippen molar-refractivity contribution < 1.29 is 14.6 Å². The molecule has 1 aliphatic rings. The highest BCUT2D eigenvalue weighted by Gasteiger charge is 2.39. The van der Waals surface area contributed by atoms with Crippen LogP contribution in [0.4, 0.5) is 0 Å². The van der Waals surface area contributed by atoms with Gasteiger partial charge in [0.1, 0.15) is 11.5 Å². The summed E-state index contributed by atoms with van der Waals surface area (Å²) in [5, 5.41) is 10.2. The minimum atomic E-state index is -0.744. The van der Waals surface area contributed by atoms with Crippen LogP contribution in [-0.4, -0.2) is 42.0 Å². The smallest absolute Gasteiger partial charge is 0.176 e. The normalized spacial score (nSPS) is 20.0. The molecule has 4 heteroatoms. The lowest BCUT2D eigenvalue weighted by molar-refractivity contribution is -0.134. The molecule has 134 valence electrons. The van der Waals surface area contributed by atoms with E-state index in [0.29, 0.717) is 18.6 Å². The van der Waals surface area contributed by atoms with Crippen molar-refractivity contribution >= 4 is 5.78 Å². The van der Waals surface area contributed by atoms with Crippen molar-refractivity contribution in [1.29, 1.82) is 0 Å². The second-order valence-electron chi connectivity index (χ2n) is 7.55. The fraction of sp³-hybridized carbons (Fsp3) is 0.650. The third-order valence-corrected chi connectivity index (χ3v) is 5.37. The molecule has 1 aliphatic heterocycles. The third-order valence-electron chi connectivity index (χ3n) is 5.37. The summed E-state index contributed by atoms with van der Waals surface area (Å²) >= 11 is 0. The zero-order chi connectivity index (χ0) is 18.1. The van der Waals surface area contributed by atoms with Gasteiger partial charge in [-0.25, -0.2) is 0 Å². The van der Waals surface area contributed by atoms with Gasteiger partial charge in [0.05, 0.1) is 0 Å². The van der Waals surface area contributed by atoms with E-state index in [1.54, 1.807) is 0 Å². The average molecular weight is 333 g/mol. The average Bonchev–Trinajstić information content (AvgIpc) is 2.54. The van der Waals surface area contributed by atoms with Gasteiger partial charge in [-0.2, -0.15) is 0 Å². The zero-order valence-electron chi connectivity index (χ0n) is 16.0. The predicted molar refractivity (Wildman–Crippen MR) is 97.1 cm³/mol. The van der Waals surface area contributed by atoms with Crippen molar-refractivity contribution in [2.45, 2.75) is 65.4 Å². The molecule has 1 aromatic rings. The Kier molecular flexibility index (Phi) is 5.59. The maximum absolute atomic E-state index is 12.7. The van der Waals surface area contributed by atoms with Crippen LogP contribution in [0.3, 0.4) is 0 Å². The number of fused-ring (bicyclic) bond motifs is 1. The summed E-state index contributed by atoms with van der Waals surface area (Å²) in [6, 6.07) is 0. The lowest BCUT2D eigenvalue weighted by atomic mass is 9.84. The molecule has 1 N–H and O–H groups in total. The largest absolute Gasteiger partial charge is 0.507 e. The second-order valence-corrected chi connectivity index (χ2v) is 7.55. The molecule has 0 bridgehead atoms. The van der Waals surface area contributed by atoms with E-state index in [1.165, 1.54) is 0 Å². The number of Topliss-reactive ketones (excluding diaryl/α,β-unsaturated/α-hetero) is 1. The lowest BCUT2D eigenvalue weighted by Gasteiger charge is -2.36. The highest BCUT2D eigenvalue weighted by atomic mass is 16.5. The van der Waals surface area contributed by atoms with Crippen molar-refractivity contribution in [2.24, 2.45) is 0 Å². The number of aromatic hydroxyl groups is 1. The van der Waals surface area contributed by atoms with E-state index in [4.69, 9.17) is 4.74 Å². The Hall–Kier alpha value is -1.55. The highest BCUT2D eigenvalue weighted by Crippen LogP contribution is 2.43. The molecule has 0 unspecified atom stereocenters. The first kappa shape index (κ1) is 18.8. The van der Waals surface area contributed by atoms with Gasteiger partial charge >= 0.3 is 0 Å². The number of ether oxygens (including phenoxy) is 1. The molecule has 0 saturated carbocycles. The zero-order valence-corrected chi connectivity index (χ0v) is 16.0. The minimum Gasteiger partial charge on any atom is -0.507 e.